The summed E-state index contributed by atoms with van der Waals surface area (Å²) in [5, 5.41) is 13.9. The molecular weight excluding hydrogens is 263 g/mol. The van der Waals surface area contributed by atoms with Crippen LogP contribution >= 0.6 is 0 Å². The Balaban J connectivity index is 2.73. The largest absolute Gasteiger partial charge is 0.478 e. The van der Waals surface area contributed by atoms with Gasteiger partial charge in [-0.25, -0.2) is 14.0 Å². The molecule has 1 unspecified atom stereocenters. The maximum Gasteiger partial charge on any atom is 0.335 e. The lowest BCUT2D eigenvalue weighted by molar-refractivity contribution is 0.0696. The van der Waals surface area contributed by atoms with Crippen LogP contribution in [0, 0.1) is 11.7 Å². The lowest BCUT2D eigenvalue weighted by Gasteiger charge is -2.21. The summed E-state index contributed by atoms with van der Waals surface area (Å²) in [5.41, 5.74) is -0.215. The van der Waals surface area contributed by atoms with Crippen LogP contribution in [0.5, 0.6) is 0 Å². The molecule has 0 aliphatic heterocycles. The van der Waals surface area contributed by atoms with Gasteiger partial charge in [-0.1, -0.05) is 20.8 Å². The lowest BCUT2D eigenvalue weighted by atomic mass is 10.0. The molecule has 0 spiro atoms. The number of carboxylic acids is 1. The highest BCUT2D eigenvalue weighted by Gasteiger charge is 2.15. The van der Waals surface area contributed by atoms with E-state index in [1.807, 2.05) is 20.8 Å². The summed E-state index contributed by atoms with van der Waals surface area (Å²) in [6.07, 6.45) is 0.769. The van der Waals surface area contributed by atoms with Gasteiger partial charge in [-0.3, -0.25) is 0 Å². The zero-order valence-electron chi connectivity index (χ0n) is 11.7. The molecule has 0 radical (unpaired) electrons. The fourth-order valence-corrected chi connectivity index (χ4v) is 1.82. The van der Waals surface area contributed by atoms with Crippen molar-refractivity contribution < 1.29 is 19.1 Å². The summed E-state index contributed by atoms with van der Waals surface area (Å²) in [6.45, 7) is 5.92. The second kappa shape index (κ2) is 6.88. The van der Waals surface area contributed by atoms with Crippen molar-refractivity contribution in [2.45, 2.75) is 33.2 Å². The Hall–Kier alpha value is -2.11. The Kier molecular flexibility index (Phi) is 5.49. The molecule has 0 bridgehead atoms. The zero-order valence-corrected chi connectivity index (χ0v) is 11.7. The molecule has 5 nitrogen and oxygen atoms in total. The van der Waals surface area contributed by atoms with Gasteiger partial charge in [-0.05, 0) is 30.5 Å². The third-order valence-electron chi connectivity index (χ3n) is 3.03. The van der Waals surface area contributed by atoms with Crippen LogP contribution in [0.4, 0.5) is 14.9 Å². The molecule has 0 saturated carbocycles. The van der Waals surface area contributed by atoms with Gasteiger partial charge in [0.25, 0.3) is 0 Å². The first kappa shape index (κ1) is 15.9. The molecular formula is C14H19FN2O3. The zero-order chi connectivity index (χ0) is 15.3. The number of anilines is 1. The number of rotatable bonds is 5. The summed E-state index contributed by atoms with van der Waals surface area (Å²) >= 11 is 0. The number of carbonyl (C=O) groups excluding carboxylic acids is 1. The van der Waals surface area contributed by atoms with Crippen LogP contribution in [0.25, 0.3) is 0 Å². The summed E-state index contributed by atoms with van der Waals surface area (Å²) in [7, 11) is 0. The minimum absolute atomic E-state index is 0.00338. The highest BCUT2D eigenvalue weighted by Crippen LogP contribution is 2.16. The number of urea groups is 1. The van der Waals surface area contributed by atoms with Crippen LogP contribution < -0.4 is 10.6 Å². The van der Waals surface area contributed by atoms with Crippen molar-refractivity contribution in [1.82, 2.24) is 5.32 Å². The van der Waals surface area contributed by atoms with Crippen molar-refractivity contribution in [2.75, 3.05) is 5.32 Å². The average molecular weight is 282 g/mol. The van der Waals surface area contributed by atoms with Crippen molar-refractivity contribution in [3.63, 3.8) is 0 Å². The minimum atomic E-state index is -1.22. The summed E-state index contributed by atoms with van der Waals surface area (Å²) in [4.78, 5) is 22.4. The van der Waals surface area contributed by atoms with E-state index in [2.05, 4.69) is 10.6 Å². The van der Waals surface area contributed by atoms with E-state index in [0.717, 1.165) is 12.5 Å². The summed E-state index contributed by atoms with van der Waals surface area (Å²) in [5.74, 6) is -1.73. The van der Waals surface area contributed by atoms with Crippen LogP contribution in [0.3, 0.4) is 0 Å². The molecule has 1 aromatic carbocycles. The number of benzene rings is 1. The van der Waals surface area contributed by atoms with Crippen molar-refractivity contribution in [1.29, 1.82) is 0 Å². The highest BCUT2D eigenvalue weighted by atomic mass is 19.1. The van der Waals surface area contributed by atoms with Gasteiger partial charge in [-0.15, -0.1) is 0 Å². The Labute approximate surface area is 117 Å². The third-order valence-corrected chi connectivity index (χ3v) is 3.03. The van der Waals surface area contributed by atoms with E-state index >= 15 is 0 Å². The fraction of sp³-hybridized carbons (Fsp3) is 0.429. The van der Waals surface area contributed by atoms with Crippen LogP contribution in [-0.4, -0.2) is 23.1 Å². The number of hydrogen-bond donors (Lipinski definition) is 3. The smallest absolute Gasteiger partial charge is 0.335 e. The average Bonchev–Trinajstić information content (AvgIpc) is 2.37. The van der Waals surface area contributed by atoms with Gasteiger partial charge >= 0.3 is 12.0 Å². The molecule has 1 atom stereocenters. The Morgan fingerprint density at radius 1 is 1.35 bits per heavy atom. The number of halogens is 1. The molecule has 1 aromatic rings. The first-order valence-electron chi connectivity index (χ1n) is 6.45. The second-order valence-corrected chi connectivity index (χ2v) is 4.86. The summed E-state index contributed by atoms with van der Waals surface area (Å²) in [6, 6.07) is 2.83. The van der Waals surface area contributed by atoms with Crippen LogP contribution in [0.1, 0.15) is 37.6 Å². The first-order valence-corrected chi connectivity index (χ1v) is 6.45. The molecule has 2 amide bonds. The molecule has 20 heavy (non-hydrogen) atoms. The maximum absolute atomic E-state index is 13.6. The van der Waals surface area contributed by atoms with E-state index < -0.39 is 17.8 Å². The SMILES string of the molecule is CCC(NC(=O)Nc1ccc(C(=O)O)cc1F)C(C)C. The van der Waals surface area contributed by atoms with Crippen molar-refractivity contribution in [2.24, 2.45) is 5.92 Å². The van der Waals surface area contributed by atoms with Crippen LogP contribution in [0.15, 0.2) is 18.2 Å². The molecule has 0 aliphatic rings. The molecule has 6 heteroatoms. The molecule has 0 aliphatic carbocycles. The van der Waals surface area contributed by atoms with Gasteiger partial charge in [-0.2, -0.15) is 0 Å². The predicted octanol–water partition coefficient (Wildman–Crippen LogP) is 3.08. The van der Waals surface area contributed by atoms with Gasteiger partial charge in [0, 0.05) is 6.04 Å². The normalized spacial score (nSPS) is 12.1. The first-order chi connectivity index (χ1) is 9.35. The Morgan fingerprint density at radius 2 is 2.00 bits per heavy atom. The predicted molar refractivity (Wildman–Crippen MR) is 74.4 cm³/mol. The van der Waals surface area contributed by atoms with Gasteiger partial charge in [0.15, 0.2) is 0 Å². The van der Waals surface area contributed by atoms with Crippen molar-refractivity contribution in [3.8, 4) is 0 Å². The molecule has 0 heterocycles. The number of amides is 2. The topological polar surface area (TPSA) is 78.4 Å². The monoisotopic (exact) mass is 282 g/mol. The van der Waals surface area contributed by atoms with Gasteiger partial charge in [0.2, 0.25) is 0 Å². The highest BCUT2D eigenvalue weighted by molar-refractivity contribution is 5.91. The standard InChI is InChI=1S/C14H19FN2O3/c1-4-11(8(2)3)16-14(20)17-12-6-5-9(13(18)19)7-10(12)15/h5-8,11H,4H2,1-3H3,(H,18,19)(H2,16,17,20). The van der Waals surface area contributed by atoms with Crippen LogP contribution in [-0.2, 0) is 0 Å². The minimum Gasteiger partial charge on any atom is -0.478 e. The van der Waals surface area contributed by atoms with E-state index in [9.17, 15) is 14.0 Å². The number of aromatic carboxylic acids is 1. The van der Waals surface area contributed by atoms with Crippen molar-refractivity contribution in [3.05, 3.63) is 29.6 Å². The van der Waals surface area contributed by atoms with Crippen molar-refractivity contribution >= 4 is 17.7 Å². The van der Waals surface area contributed by atoms with E-state index in [0.29, 0.717) is 0 Å². The fourth-order valence-electron chi connectivity index (χ4n) is 1.82. The van der Waals surface area contributed by atoms with Crippen LogP contribution in [0.2, 0.25) is 0 Å². The molecule has 3 N–H and O–H groups in total. The number of carbonyl (C=O) groups is 2. The second-order valence-electron chi connectivity index (χ2n) is 4.86. The molecule has 0 aromatic heterocycles. The number of hydrogen-bond acceptors (Lipinski definition) is 2. The Morgan fingerprint density at radius 3 is 2.45 bits per heavy atom. The Bertz CT molecular complexity index is 503. The van der Waals surface area contributed by atoms with E-state index in [-0.39, 0.29) is 23.2 Å². The number of nitrogens with one attached hydrogen (secondary N) is 2. The molecule has 0 fully saturated rings. The van der Waals surface area contributed by atoms with E-state index in [1.165, 1.54) is 12.1 Å². The van der Waals surface area contributed by atoms with E-state index in [4.69, 9.17) is 5.11 Å². The lowest BCUT2D eigenvalue weighted by Crippen LogP contribution is -2.40. The molecule has 110 valence electrons. The van der Waals surface area contributed by atoms with Gasteiger partial charge in [0.1, 0.15) is 5.82 Å². The quantitative estimate of drug-likeness (QED) is 0.776. The number of carboxylic acid groups (broad SMARTS) is 1. The summed E-state index contributed by atoms with van der Waals surface area (Å²) < 4.78 is 13.6. The van der Waals surface area contributed by atoms with Gasteiger partial charge in [0.05, 0.1) is 11.3 Å². The van der Waals surface area contributed by atoms with E-state index in [1.54, 1.807) is 0 Å². The third kappa shape index (κ3) is 4.22. The maximum atomic E-state index is 13.6. The van der Waals surface area contributed by atoms with Gasteiger partial charge < -0.3 is 15.7 Å². The molecule has 1 rings (SSSR count). The molecule has 0 saturated heterocycles.